The highest BCUT2D eigenvalue weighted by Crippen LogP contribution is 2.20. The molecule has 0 bridgehead atoms. The van der Waals surface area contributed by atoms with Crippen LogP contribution in [-0.4, -0.2) is 72.8 Å². The average Bonchev–Trinajstić information content (AvgIpc) is 3.01. The minimum atomic E-state index is -2.87. The zero-order valence-corrected chi connectivity index (χ0v) is 14.8. The number of pyridine rings is 1. The fraction of sp³-hybridized carbons (Fsp3) is 0.444. The van der Waals surface area contributed by atoms with Gasteiger partial charge in [0, 0.05) is 37.6 Å². The van der Waals surface area contributed by atoms with E-state index in [0.717, 1.165) is 24.0 Å². The molecule has 132 valence electrons. The van der Waals surface area contributed by atoms with Gasteiger partial charge in [0.1, 0.15) is 5.69 Å². The summed E-state index contributed by atoms with van der Waals surface area (Å²) in [7, 11) is -2.87. The third-order valence-electron chi connectivity index (χ3n) is 5.14. The molecule has 1 aromatic heterocycles. The number of benzene rings is 1. The normalized spacial score (nSPS) is 23.8. The van der Waals surface area contributed by atoms with Crippen molar-refractivity contribution in [3.8, 4) is 0 Å². The van der Waals surface area contributed by atoms with Crippen LogP contribution in [0.5, 0.6) is 0 Å². The Labute approximate surface area is 147 Å². The van der Waals surface area contributed by atoms with Gasteiger partial charge in [-0.15, -0.1) is 0 Å². The number of carbonyl (C=O) groups is 1. The molecule has 6 nitrogen and oxygen atoms in total. The molecule has 1 atom stereocenters. The number of nitrogens with zero attached hydrogens (tertiary/aromatic N) is 3. The van der Waals surface area contributed by atoms with Gasteiger partial charge in [-0.25, -0.2) is 13.4 Å². The van der Waals surface area contributed by atoms with E-state index in [1.165, 1.54) is 0 Å². The number of rotatable bonds is 2. The van der Waals surface area contributed by atoms with Gasteiger partial charge in [-0.1, -0.05) is 24.3 Å². The molecule has 0 N–H and O–H groups in total. The number of hydrogen-bond acceptors (Lipinski definition) is 5. The first-order valence-electron chi connectivity index (χ1n) is 8.61. The van der Waals surface area contributed by atoms with Gasteiger partial charge < -0.3 is 4.90 Å². The molecule has 2 aromatic rings. The predicted molar refractivity (Wildman–Crippen MR) is 96.3 cm³/mol. The van der Waals surface area contributed by atoms with E-state index in [0.29, 0.717) is 25.2 Å². The number of fused-ring (bicyclic) bond motifs is 1. The Morgan fingerprint density at radius 2 is 1.80 bits per heavy atom. The van der Waals surface area contributed by atoms with Crippen molar-refractivity contribution in [2.75, 3.05) is 37.7 Å². The maximum Gasteiger partial charge on any atom is 0.272 e. The van der Waals surface area contributed by atoms with Crippen LogP contribution in [0.2, 0.25) is 0 Å². The summed E-state index contributed by atoms with van der Waals surface area (Å²) < 4.78 is 23.3. The van der Waals surface area contributed by atoms with Gasteiger partial charge in [-0.05, 0) is 18.6 Å². The molecule has 1 aromatic carbocycles. The fourth-order valence-corrected chi connectivity index (χ4v) is 5.46. The number of hydrogen-bond donors (Lipinski definition) is 0. The van der Waals surface area contributed by atoms with Crippen LogP contribution >= 0.6 is 0 Å². The third kappa shape index (κ3) is 3.39. The van der Waals surface area contributed by atoms with Crippen LogP contribution in [0.25, 0.3) is 10.9 Å². The molecule has 0 saturated carbocycles. The van der Waals surface area contributed by atoms with Crippen molar-refractivity contribution in [2.45, 2.75) is 12.5 Å². The monoisotopic (exact) mass is 359 g/mol. The first-order valence-corrected chi connectivity index (χ1v) is 10.4. The van der Waals surface area contributed by atoms with E-state index in [9.17, 15) is 13.2 Å². The van der Waals surface area contributed by atoms with Gasteiger partial charge >= 0.3 is 0 Å². The molecule has 0 spiro atoms. The summed E-state index contributed by atoms with van der Waals surface area (Å²) in [6.07, 6.45) is 0.711. The zero-order chi connectivity index (χ0) is 17.4. The van der Waals surface area contributed by atoms with Crippen molar-refractivity contribution in [1.29, 1.82) is 0 Å². The van der Waals surface area contributed by atoms with E-state index in [1.807, 2.05) is 35.2 Å². The van der Waals surface area contributed by atoms with E-state index in [-0.39, 0.29) is 23.5 Å². The van der Waals surface area contributed by atoms with Crippen LogP contribution < -0.4 is 0 Å². The van der Waals surface area contributed by atoms with Gasteiger partial charge in [0.15, 0.2) is 9.84 Å². The summed E-state index contributed by atoms with van der Waals surface area (Å²) in [6, 6.07) is 11.6. The second-order valence-corrected chi connectivity index (χ2v) is 9.00. The van der Waals surface area contributed by atoms with Crippen molar-refractivity contribution in [3.05, 3.63) is 42.1 Å². The van der Waals surface area contributed by atoms with Gasteiger partial charge in [-0.3, -0.25) is 9.69 Å². The summed E-state index contributed by atoms with van der Waals surface area (Å²) in [5.74, 6) is 0.495. The van der Waals surface area contributed by atoms with Crippen LogP contribution in [0.3, 0.4) is 0 Å². The minimum absolute atomic E-state index is 0.0514. The van der Waals surface area contributed by atoms with Crippen molar-refractivity contribution in [2.24, 2.45) is 0 Å². The highest BCUT2D eigenvalue weighted by Gasteiger charge is 2.34. The third-order valence-corrected chi connectivity index (χ3v) is 6.89. The molecule has 0 unspecified atom stereocenters. The highest BCUT2D eigenvalue weighted by atomic mass is 32.2. The van der Waals surface area contributed by atoms with Crippen molar-refractivity contribution < 1.29 is 13.2 Å². The van der Waals surface area contributed by atoms with E-state index < -0.39 is 9.84 Å². The lowest BCUT2D eigenvalue weighted by Crippen LogP contribution is -2.52. The molecule has 0 radical (unpaired) electrons. The maximum absolute atomic E-state index is 12.7. The summed E-state index contributed by atoms with van der Waals surface area (Å²) in [4.78, 5) is 21.2. The largest absolute Gasteiger partial charge is 0.335 e. The Morgan fingerprint density at radius 3 is 2.52 bits per heavy atom. The smallest absolute Gasteiger partial charge is 0.272 e. The van der Waals surface area contributed by atoms with Gasteiger partial charge in [0.2, 0.25) is 0 Å². The molecule has 7 heteroatoms. The first kappa shape index (κ1) is 16.5. The van der Waals surface area contributed by atoms with Crippen LogP contribution in [0.1, 0.15) is 16.9 Å². The lowest BCUT2D eigenvalue weighted by molar-refractivity contribution is 0.0582. The number of para-hydroxylation sites is 1. The summed E-state index contributed by atoms with van der Waals surface area (Å²) in [5, 5.41) is 1.02. The van der Waals surface area contributed by atoms with Crippen molar-refractivity contribution in [1.82, 2.24) is 14.8 Å². The average molecular weight is 359 g/mol. The molecule has 25 heavy (non-hydrogen) atoms. The molecule has 3 heterocycles. The predicted octanol–water partition coefficient (Wildman–Crippen LogP) is 1.18. The van der Waals surface area contributed by atoms with Crippen LogP contribution in [0.4, 0.5) is 0 Å². The summed E-state index contributed by atoms with van der Waals surface area (Å²) >= 11 is 0. The van der Waals surface area contributed by atoms with E-state index in [1.54, 1.807) is 6.07 Å². The summed E-state index contributed by atoms with van der Waals surface area (Å²) in [5.41, 5.74) is 1.29. The van der Waals surface area contributed by atoms with Gasteiger partial charge in [-0.2, -0.15) is 0 Å². The zero-order valence-electron chi connectivity index (χ0n) is 14.0. The van der Waals surface area contributed by atoms with Crippen LogP contribution in [0, 0.1) is 0 Å². The second-order valence-electron chi connectivity index (χ2n) is 6.77. The van der Waals surface area contributed by atoms with E-state index >= 15 is 0 Å². The molecule has 2 fully saturated rings. The van der Waals surface area contributed by atoms with Gasteiger partial charge in [0.05, 0.1) is 17.0 Å². The molecule has 2 saturated heterocycles. The molecule has 4 rings (SSSR count). The number of piperazine rings is 1. The lowest BCUT2D eigenvalue weighted by Gasteiger charge is -2.37. The number of sulfone groups is 1. The summed E-state index contributed by atoms with van der Waals surface area (Å²) in [6.45, 7) is 2.67. The topological polar surface area (TPSA) is 70.6 Å². The molecule has 0 aliphatic carbocycles. The Kier molecular flexibility index (Phi) is 4.21. The Morgan fingerprint density at radius 1 is 1.04 bits per heavy atom. The second kappa shape index (κ2) is 6.38. The SMILES string of the molecule is O=C(c1ccc2ccccc2n1)N1CCN([C@@H]2CCS(=O)(=O)C2)CC1. The standard InChI is InChI=1S/C18H21N3O3S/c22-18(17-6-5-14-3-1-2-4-16(14)19-17)21-10-8-20(9-11-21)15-7-12-25(23,24)13-15/h1-6,15H,7-13H2/t15-/m1/s1. The minimum Gasteiger partial charge on any atom is -0.335 e. The number of amides is 1. The quantitative estimate of drug-likeness (QED) is 0.805. The van der Waals surface area contributed by atoms with Crippen LogP contribution in [-0.2, 0) is 9.84 Å². The van der Waals surface area contributed by atoms with Gasteiger partial charge in [0.25, 0.3) is 5.91 Å². The Hall–Kier alpha value is -1.99. The van der Waals surface area contributed by atoms with E-state index in [4.69, 9.17) is 0 Å². The van der Waals surface area contributed by atoms with Crippen LogP contribution in [0.15, 0.2) is 36.4 Å². The molecule has 2 aliphatic heterocycles. The fourth-order valence-electron chi connectivity index (χ4n) is 3.70. The maximum atomic E-state index is 12.7. The lowest BCUT2D eigenvalue weighted by atomic mass is 10.1. The molecular formula is C18H21N3O3S. The molecule has 2 aliphatic rings. The first-order chi connectivity index (χ1) is 12.0. The van der Waals surface area contributed by atoms with E-state index in [2.05, 4.69) is 9.88 Å². The number of carbonyl (C=O) groups excluding carboxylic acids is 1. The van der Waals surface area contributed by atoms with Crippen molar-refractivity contribution >= 4 is 26.6 Å². The molecular weight excluding hydrogens is 338 g/mol. The van der Waals surface area contributed by atoms with Crippen molar-refractivity contribution in [3.63, 3.8) is 0 Å². The Balaban J connectivity index is 1.42. The molecule has 1 amide bonds. The number of aromatic nitrogens is 1. The Bertz CT molecular complexity index is 905. The highest BCUT2D eigenvalue weighted by molar-refractivity contribution is 7.91.